The number of rotatable bonds is 0. The standard InChI is InChI=1S/C60H50O4S4/c61-59-57-53-11-5-13-55(57)47-27-19-43(20-28-47)35-67-39-51-9-3-4-10-52(51)40-68-36-44-21-29-48(30-22-44)56-14-6-12-54(58(56)60(62)64-32-31-63-59)46-25-17-42(18-26-46)34-66-38-50-8-2-1-7-49(50)37-65-33-41-15-23-45(53)24-16-41/h1-30H,31-40H2. The molecular formula is C60H50O4S4. The van der Waals surface area contributed by atoms with Crippen LogP contribution in [0.4, 0.5) is 0 Å². The molecule has 8 heterocycles. The topological polar surface area (TPSA) is 52.6 Å². The quantitative estimate of drug-likeness (QED) is 0.139. The Kier molecular flexibility index (Phi) is 14.9. The maximum atomic E-state index is 14.5. The smallest absolute Gasteiger partial charge is 0.339 e. The van der Waals surface area contributed by atoms with Gasteiger partial charge in [0.2, 0.25) is 0 Å². The van der Waals surface area contributed by atoms with Gasteiger partial charge in [-0.2, -0.15) is 47.0 Å². The summed E-state index contributed by atoms with van der Waals surface area (Å²) >= 11 is 7.66. The Morgan fingerprint density at radius 1 is 0.279 bits per heavy atom. The second-order valence-corrected chi connectivity index (χ2v) is 21.0. The van der Waals surface area contributed by atoms with E-state index < -0.39 is 11.9 Å². The molecule has 0 amide bonds. The lowest BCUT2D eigenvalue weighted by atomic mass is 9.91. The Hall–Kier alpha value is -5.90. The van der Waals surface area contributed by atoms with Crippen molar-refractivity contribution in [3.05, 3.63) is 238 Å². The zero-order chi connectivity index (χ0) is 46.1. The summed E-state index contributed by atoms with van der Waals surface area (Å²) in [4.78, 5) is 29.0. The van der Waals surface area contributed by atoms with Gasteiger partial charge >= 0.3 is 11.9 Å². The summed E-state index contributed by atoms with van der Waals surface area (Å²) in [6.07, 6.45) is 0. The molecule has 0 saturated heterocycles. The molecule has 0 aliphatic carbocycles. The second-order valence-electron chi connectivity index (χ2n) is 17.0. The average molecular weight is 963 g/mol. The third kappa shape index (κ3) is 10.8. The molecule has 16 rings (SSSR count). The lowest BCUT2D eigenvalue weighted by molar-refractivity contribution is 0.0267. The van der Waals surface area contributed by atoms with E-state index in [1.807, 2.05) is 83.4 Å². The van der Waals surface area contributed by atoms with E-state index in [2.05, 4.69) is 146 Å². The van der Waals surface area contributed by atoms with Gasteiger partial charge in [-0.15, -0.1) is 0 Å². The molecule has 0 atom stereocenters. The van der Waals surface area contributed by atoms with Gasteiger partial charge in [-0.25, -0.2) is 9.59 Å². The van der Waals surface area contributed by atoms with Crippen LogP contribution < -0.4 is 0 Å². The number of hydrogen-bond donors (Lipinski definition) is 0. The molecule has 8 aromatic carbocycles. The summed E-state index contributed by atoms with van der Waals surface area (Å²) in [5, 5.41) is 0. The van der Waals surface area contributed by atoms with Crippen LogP contribution in [-0.4, -0.2) is 25.2 Å². The van der Waals surface area contributed by atoms with Crippen molar-refractivity contribution in [1.29, 1.82) is 0 Å². The zero-order valence-electron chi connectivity index (χ0n) is 37.7. The normalized spacial score (nSPS) is 14.8. The molecule has 8 aliphatic rings. The molecular weight excluding hydrogens is 913 g/mol. The number of carbonyl (C=O) groups excluding carboxylic acids is 2. The van der Waals surface area contributed by atoms with Crippen LogP contribution >= 0.6 is 47.0 Å². The summed E-state index contributed by atoms with van der Waals surface area (Å²) in [6, 6.07) is 63.7. The highest BCUT2D eigenvalue weighted by Gasteiger charge is 2.23. The molecule has 8 aliphatic heterocycles. The van der Waals surface area contributed by atoms with E-state index in [1.165, 1.54) is 44.5 Å². The Morgan fingerprint density at radius 3 is 0.779 bits per heavy atom. The molecule has 0 unspecified atom stereocenters. The molecule has 0 saturated carbocycles. The van der Waals surface area contributed by atoms with Crippen molar-refractivity contribution in [3.63, 3.8) is 0 Å². The van der Waals surface area contributed by atoms with Crippen molar-refractivity contribution < 1.29 is 19.1 Å². The third-order valence-electron chi connectivity index (χ3n) is 12.5. The fourth-order valence-corrected chi connectivity index (χ4v) is 13.0. The second kappa shape index (κ2) is 22.0. The van der Waals surface area contributed by atoms with Gasteiger partial charge in [-0.05, 0) is 89.0 Å². The first-order valence-electron chi connectivity index (χ1n) is 23.0. The molecule has 4 nitrogen and oxygen atoms in total. The van der Waals surface area contributed by atoms with Crippen molar-refractivity contribution in [1.82, 2.24) is 0 Å². The van der Waals surface area contributed by atoms with Gasteiger partial charge in [0.1, 0.15) is 13.2 Å². The molecule has 0 spiro atoms. The van der Waals surface area contributed by atoms with Gasteiger partial charge < -0.3 is 9.47 Å². The number of hydrogen-bond acceptors (Lipinski definition) is 8. The molecule has 338 valence electrons. The number of benzene rings is 8. The van der Waals surface area contributed by atoms with Gasteiger partial charge in [0.15, 0.2) is 0 Å². The van der Waals surface area contributed by atoms with Crippen LogP contribution in [0.25, 0.3) is 44.5 Å². The number of thioether (sulfide) groups is 4. The summed E-state index contributed by atoms with van der Waals surface area (Å²) in [7, 11) is 0. The first kappa shape index (κ1) is 45.9. The minimum atomic E-state index is -0.469. The molecule has 0 aromatic heterocycles. The van der Waals surface area contributed by atoms with E-state index in [1.54, 1.807) is 0 Å². The molecule has 0 N–H and O–H groups in total. The van der Waals surface area contributed by atoms with Crippen molar-refractivity contribution in [2.24, 2.45) is 0 Å². The van der Waals surface area contributed by atoms with E-state index in [0.717, 1.165) is 90.5 Å². The van der Waals surface area contributed by atoms with Crippen molar-refractivity contribution in [2.75, 3.05) is 13.2 Å². The van der Waals surface area contributed by atoms with E-state index in [9.17, 15) is 9.59 Å². The molecule has 8 heteroatoms. The third-order valence-corrected chi connectivity index (χ3v) is 16.7. The lowest BCUT2D eigenvalue weighted by Gasteiger charge is -2.17. The van der Waals surface area contributed by atoms with E-state index in [-0.39, 0.29) is 13.2 Å². The van der Waals surface area contributed by atoms with Gasteiger partial charge in [0.25, 0.3) is 0 Å². The number of carbonyl (C=O) groups is 2. The first-order chi connectivity index (χ1) is 33.5. The van der Waals surface area contributed by atoms with E-state index in [0.29, 0.717) is 11.1 Å². The summed E-state index contributed by atoms with van der Waals surface area (Å²) in [5.41, 5.74) is 18.2. The van der Waals surface area contributed by atoms with Crippen LogP contribution in [0.15, 0.2) is 182 Å². The fourth-order valence-electron chi connectivity index (χ4n) is 8.84. The van der Waals surface area contributed by atoms with E-state index >= 15 is 0 Å². The van der Waals surface area contributed by atoms with Crippen LogP contribution in [0.5, 0.6) is 0 Å². The summed E-state index contributed by atoms with van der Waals surface area (Å²) < 4.78 is 12.1. The monoisotopic (exact) mass is 962 g/mol. The average Bonchev–Trinajstić information content (AvgIpc) is 3.38. The Labute approximate surface area is 416 Å². The van der Waals surface area contributed by atoms with Crippen LogP contribution in [0.1, 0.15) is 65.2 Å². The van der Waals surface area contributed by atoms with E-state index in [4.69, 9.17) is 9.47 Å². The Balaban J connectivity index is 1.05. The number of ether oxygens (including phenoxy) is 2. The van der Waals surface area contributed by atoms with Crippen molar-refractivity contribution >= 4 is 59.0 Å². The largest absolute Gasteiger partial charge is 0.458 e. The minimum absolute atomic E-state index is 0.104. The van der Waals surface area contributed by atoms with Crippen LogP contribution in [0.2, 0.25) is 0 Å². The van der Waals surface area contributed by atoms with Crippen LogP contribution in [0.3, 0.4) is 0 Å². The summed E-state index contributed by atoms with van der Waals surface area (Å²) in [5.74, 6) is 6.22. The highest BCUT2D eigenvalue weighted by Crippen LogP contribution is 2.37. The molecule has 8 aromatic rings. The van der Waals surface area contributed by atoms with Gasteiger partial charge in [0.05, 0.1) is 11.1 Å². The molecule has 0 radical (unpaired) electrons. The maximum absolute atomic E-state index is 14.5. The Bertz CT molecular complexity index is 2650. The minimum Gasteiger partial charge on any atom is -0.458 e. The number of esters is 2. The first-order valence-corrected chi connectivity index (χ1v) is 27.6. The zero-order valence-corrected chi connectivity index (χ0v) is 40.9. The highest BCUT2D eigenvalue weighted by molar-refractivity contribution is 7.98. The molecule has 10 bridgehead atoms. The highest BCUT2D eigenvalue weighted by atomic mass is 32.2. The predicted octanol–water partition coefficient (Wildman–Crippen LogP) is 15.7. The SMILES string of the molecule is O=C1OCCOC(=O)c2c3cccc2-c2ccc(cc2)CSCc2ccccc2CSCc2ccc(cc2)-c2cccc(c21)-c1ccc(cc1)CSCc1ccccc1CSCc1ccc-3cc1. The Morgan fingerprint density at radius 2 is 0.529 bits per heavy atom. The van der Waals surface area contributed by atoms with Gasteiger partial charge in [0, 0.05) is 46.0 Å². The summed E-state index contributed by atoms with van der Waals surface area (Å²) in [6.45, 7) is -0.208. The predicted molar refractivity (Wildman–Crippen MR) is 288 cm³/mol. The van der Waals surface area contributed by atoms with Crippen molar-refractivity contribution in [2.45, 2.75) is 46.0 Å². The van der Waals surface area contributed by atoms with Gasteiger partial charge in [-0.1, -0.05) is 182 Å². The molecule has 0 fully saturated rings. The van der Waals surface area contributed by atoms with Crippen LogP contribution in [0, 0.1) is 0 Å². The maximum Gasteiger partial charge on any atom is 0.339 e. The van der Waals surface area contributed by atoms with Crippen LogP contribution in [-0.2, 0) is 55.5 Å². The van der Waals surface area contributed by atoms with Gasteiger partial charge in [-0.3, -0.25) is 0 Å². The molecule has 68 heavy (non-hydrogen) atoms. The van der Waals surface area contributed by atoms with Crippen molar-refractivity contribution in [3.8, 4) is 44.5 Å². The fraction of sp³-hybridized carbons (Fsp3) is 0.167. The lowest BCUT2D eigenvalue weighted by Crippen LogP contribution is -2.16.